The molecular weight excluding hydrogens is 188 g/mol. The Balaban J connectivity index is 3.74. The number of amides is 2. The second-order valence-electron chi connectivity index (χ2n) is 2.81. The van der Waals surface area contributed by atoms with Gasteiger partial charge < -0.3 is 10.8 Å². The first-order chi connectivity index (χ1) is 6.47. The molecular formula is C8H14N2O4. The van der Waals surface area contributed by atoms with Crippen molar-refractivity contribution >= 4 is 17.8 Å². The maximum absolute atomic E-state index is 11.0. The van der Waals surface area contributed by atoms with Gasteiger partial charge in [0, 0.05) is 12.8 Å². The Morgan fingerprint density at radius 1 is 1.36 bits per heavy atom. The zero-order valence-electron chi connectivity index (χ0n) is 7.95. The summed E-state index contributed by atoms with van der Waals surface area (Å²) < 4.78 is 0. The number of carbonyl (C=O) groups excluding carboxylic acids is 2. The van der Waals surface area contributed by atoms with E-state index >= 15 is 0 Å². The van der Waals surface area contributed by atoms with Gasteiger partial charge in [-0.3, -0.25) is 19.7 Å². The molecule has 0 aromatic heterocycles. The summed E-state index contributed by atoms with van der Waals surface area (Å²) in [5, 5.41) is 10.5. The zero-order valence-corrected chi connectivity index (χ0v) is 7.95. The van der Waals surface area contributed by atoms with Crippen LogP contribution in [0.4, 0.5) is 0 Å². The molecule has 0 rings (SSSR count). The Morgan fingerprint density at radius 3 is 2.36 bits per heavy atom. The topological polar surface area (TPSA) is 109 Å². The maximum atomic E-state index is 11.0. The third-order valence-electron chi connectivity index (χ3n) is 1.60. The molecule has 0 fully saturated rings. The van der Waals surface area contributed by atoms with E-state index in [0.29, 0.717) is 0 Å². The number of aliphatic carboxylic acids is 1. The summed E-state index contributed by atoms with van der Waals surface area (Å²) in [5.74, 6) is -2.02. The van der Waals surface area contributed by atoms with Gasteiger partial charge in [-0.1, -0.05) is 6.92 Å². The normalized spacial score (nSPS) is 11.9. The van der Waals surface area contributed by atoms with Gasteiger partial charge in [0.25, 0.3) is 0 Å². The van der Waals surface area contributed by atoms with Crippen LogP contribution in [0.15, 0.2) is 0 Å². The predicted octanol–water partition coefficient (Wildman–Crippen LogP) is -0.769. The van der Waals surface area contributed by atoms with E-state index in [-0.39, 0.29) is 25.2 Å². The second-order valence-corrected chi connectivity index (χ2v) is 2.81. The smallest absolute Gasteiger partial charge is 0.320 e. The minimum atomic E-state index is -1.15. The molecule has 80 valence electrons. The van der Waals surface area contributed by atoms with E-state index in [1.807, 2.05) is 0 Å². The fourth-order valence-corrected chi connectivity index (χ4v) is 0.716. The lowest BCUT2D eigenvalue weighted by atomic mass is 10.1. The first kappa shape index (κ1) is 12.6. The fraction of sp³-hybridized carbons (Fsp3) is 0.625. The van der Waals surface area contributed by atoms with Crippen molar-refractivity contribution in [3.63, 3.8) is 0 Å². The lowest BCUT2D eigenvalue weighted by molar-refractivity contribution is -0.138. The molecule has 6 nitrogen and oxygen atoms in total. The van der Waals surface area contributed by atoms with Gasteiger partial charge in [0.2, 0.25) is 11.8 Å². The summed E-state index contributed by atoms with van der Waals surface area (Å²) in [6.07, 6.45) is 0.189. The third-order valence-corrected chi connectivity index (χ3v) is 1.60. The van der Waals surface area contributed by atoms with Gasteiger partial charge >= 0.3 is 5.97 Å². The number of nitrogens with one attached hydrogen (secondary N) is 1. The summed E-state index contributed by atoms with van der Waals surface area (Å²) in [4.78, 5) is 31.9. The van der Waals surface area contributed by atoms with Crippen molar-refractivity contribution in [2.75, 3.05) is 0 Å². The molecule has 4 N–H and O–H groups in total. The van der Waals surface area contributed by atoms with E-state index in [9.17, 15) is 14.4 Å². The number of nitrogens with two attached hydrogens (primary N) is 1. The Morgan fingerprint density at radius 2 is 1.93 bits per heavy atom. The minimum absolute atomic E-state index is 0.0260. The molecule has 0 bridgehead atoms. The summed E-state index contributed by atoms with van der Waals surface area (Å²) >= 11 is 0. The molecule has 14 heavy (non-hydrogen) atoms. The van der Waals surface area contributed by atoms with Crippen molar-refractivity contribution in [2.24, 2.45) is 5.73 Å². The van der Waals surface area contributed by atoms with Crippen molar-refractivity contribution in [3.8, 4) is 0 Å². The van der Waals surface area contributed by atoms with Gasteiger partial charge in [-0.15, -0.1) is 0 Å². The number of hydrogen-bond acceptors (Lipinski definition) is 4. The Kier molecular flexibility index (Phi) is 5.47. The minimum Gasteiger partial charge on any atom is -0.480 e. The molecule has 2 amide bonds. The van der Waals surface area contributed by atoms with Gasteiger partial charge in [0.15, 0.2) is 0 Å². The van der Waals surface area contributed by atoms with Crippen LogP contribution >= 0.6 is 0 Å². The van der Waals surface area contributed by atoms with Crippen molar-refractivity contribution < 1.29 is 19.5 Å². The number of carboxylic acids is 1. The molecule has 0 unspecified atom stereocenters. The molecule has 1 atom stereocenters. The molecule has 0 spiro atoms. The number of carboxylic acid groups (broad SMARTS) is 1. The van der Waals surface area contributed by atoms with E-state index in [1.54, 1.807) is 6.92 Å². The maximum Gasteiger partial charge on any atom is 0.320 e. The first-order valence-corrected chi connectivity index (χ1v) is 4.28. The van der Waals surface area contributed by atoms with E-state index in [0.717, 1.165) is 0 Å². The Labute approximate surface area is 81.5 Å². The molecule has 0 aromatic carbocycles. The van der Waals surface area contributed by atoms with Crippen LogP contribution in [0.5, 0.6) is 0 Å². The first-order valence-electron chi connectivity index (χ1n) is 4.28. The number of carbonyl (C=O) groups is 3. The van der Waals surface area contributed by atoms with Gasteiger partial charge in [0.05, 0.1) is 0 Å². The zero-order chi connectivity index (χ0) is 11.1. The lowest BCUT2D eigenvalue weighted by Crippen LogP contribution is -2.34. The predicted molar refractivity (Wildman–Crippen MR) is 48.3 cm³/mol. The number of imide groups is 1. The summed E-state index contributed by atoms with van der Waals surface area (Å²) in [5.41, 5.74) is 5.16. The summed E-state index contributed by atoms with van der Waals surface area (Å²) in [6.45, 7) is 1.62. The van der Waals surface area contributed by atoms with Gasteiger partial charge in [0.1, 0.15) is 6.04 Å². The number of rotatable bonds is 5. The van der Waals surface area contributed by atoms with Crippen molar-refractivity contribution in [2.45, 2.75) is 32.2 Å². The van der Waals surface area contributed by atoms with E-state index in [2.05, 4.69) is 5.32 Å². The average molecular weight is 202 g/mol. The highest BCUT2D eigenvalue weighted by Gasteiger charge is 2.14. The molecule has 0 aliphatic heterocycles. The SMILES string of the molecule is CCC(=O)NC(=O)CC[C@H](N)C(=O)O. The van der Waals surface area contributed by atoms with Crippen molar-refractivity contribution in [1.29, 1.82) is 0 Å². The standard InChI is InChI=1S/C8H14N2O4/c1-2-6(11)10-7(12)4-3-5(9)8(13)14/h5H,2-4,9H2,1H3,(H,13,14)(H,10,11,12)/t5-/m0/s1. The Bertz CT molecular complexity index is 239. The van der Waals surface area contributed by atoms with Crippen LogP contribution in [0.1, 0.15) is 26.2 Å². The second kappa shape index (κ2) is 6.09. The van der Waals surface area contributed by atoms with Crippen LogP contribution in [0, 0.1) is 0 Å². The van der Waals surface area contributed by atoms with Gasteiger partial charge in [-0.05, 0) is 6.42 Å². The van der Waals surface area contributed by atoms with E-state index in [4.69, 9.17) is 10.8 Å². The molecule has 0 saturated heterocycles. The number of hydrogen-bond donors (Lipinski definition) is 3. The lowest BCUT2D eigenvalue weighted by Gasteiger charge is -2.05. The average Bonchev–Trinajstić information content (AvgIpc) is 2.13. The molecule has 6 heteroatoms. The molecule has 0 aliphatic rings. The monoisotopic (exact) mass is 202 g/mol. The molecule has 0 saturated carbocycles. The van der Waals surface area contributed by atoms with E-state index in [1.165, 1.54) is 0 Å². The van der Waals surface area contributed by atoms with Crippen LogP contribution in [0.3, 0.4) is 0 Å². The van der Waals surface area contributed by atoms with Gasteiger partial charge in [-0.2, -0.15) is 0 Å². The van der Waals surface area contributed by atoms with Crippen LogP contribution in [-0.4, -0.2) is 28.9 Å². The van der Waals surface area contributed by atoms with Crippen LogP contribution < -0.4 is 11.1 Å². The molecule has 0 radical (unpaired) electrons. The molecule has 0 aromatic rings. The summed E-state index contributed by atoms with van der Waals surface area (Å²) in [7, 11) is 0. The third kappa shape index (κ3) is 5.26. The molecule has 0 heterocycles. The van der Waals surface area contributed by atoms with Crippen molar-refractivity contribution in [3.05, 3.63) is 0 Å². The highest BCUT2D eigenvalue weighted by Crippen LogP contribution is 1.94. The van der Waals surface area contributed by atoms with E-state index < -0.39 is 17.9 Å². The largest absolute Gasteiger partial charge is 0.480 e. The Hall–Kier alpha value is -1.43. The highest BCUT2D eigenvalue weighted by molar-refractivity contribution is 5.95. The quantitative estimate of drug-likeness (QED) is 0.542. The highest BCUT2D eigenvalue weighted by atomic mass is 16.4. The van der Waals surface area contributed by atoms with Gasteiger partial charge in [-0.25, -0.2) is 0 Å². The van der Waals surface area contributed by atoms with Crippen LogP contribution in [0.25, 0.3) is 0 Å². The van der Waals surface area contributed by atoms with Crippen LogP contribution in [-0.2, 0) is 14.4 Å². The summed E-state index contributed by atoms with van der Waals surface area (Å²) in [6, 6.07) is -1.06. The van der Waals surface area contributed by atoms with Crippen LogP contribution in [0.2, 0.25) is 0 Å². The fourth-order valence-electron chi connectivity index (χ4n) is 0.716. The molecule has 0 aliphatic carbocycles. The van der Waals surface area contributed by atoms with Crippen molar-refractivity contribution in [1.82, 2.24) is 5.32 Å².